The molecule has 100 valence electrons. The molecule has 0 aliphatic rings. The third-order valence-electron chi connectivity index (χ3n) is 3.29. The van der Waals surface area contributed by atoms with Crippen LogP contribution in [-0.4, -0.2) is 10.1 Å². The molecule has 0 saturated carbocycles. The van der Waals surface area contributed by atoms with E-state index in [2.05, 4.69) is 33.9 Å². The van der Waals surface area contributed by atoms with Crippen LogP contribution in [0.15, 0.2) is 47.1 Å². The highest BCUT2D eigenvalue weighted by Gasteiger charge is 2.24. The summed E-state index contributed by atoms with van der Waals surface area (Å²) in [5.74, 6) is 0. The molecule has 1 aromatic heterocycles. The summed E-state index contributed by atoms with van der Waals surface area (Å²) >= 11 is 3.40. The first-order valence-electron chi connectivity index (χ1n) is 6.43. The van der Waals surface area contributed by atoms with E-state index in [1.165, 1.54) is 5.56 Å². The Kier molecular flexibility index (Phi) is 4.38. The normalized spacial score (nSPS) is 14.1. The summed E-state index contributed by atoms with van der Waals surface area (Å²) in [6.45, 7) is 3.93. The van der Waals surface area contributed by atoms with Crippen LogP contribution in [0.25, 0.3) is 0 Å². The molecule has 2 rings (SSSR count). The zero-order valence-electron chi connectivity index (χ0n) is 11.2. The van der Waals surface area contributed by atoms with Crippen molar-refractivity contribution in [2.75, 3.05) is 0 Å². The summed E-state index contributed by atoms with van der Waals surface area (Å²) in [5, 5.41) is 10.6. The van der Waals surface area contributed by atoms with Crippen LogP contribution in [0.1, 0.15) is 30.7 Å². The van der Waals surface area contributed by atoms with E-state index < -0.39 is 5.60 Å². The molecule has 0 amide bonds. The van der Waals surface area contributed by atoms with E-state index in [9.17, 15) is 5.11 Å². The van der Waals surface area contributed by atoms with E-state index in [4.69, 9.17) is 0 Å². The van der Waals surface area contributed by atoms with Gasteiger partial charge in [0.1, 0.15) is 0 Å². The van der Waals surface area contributed by atoms with E-state index in [-0.39, 0.29) is 0 Å². The number of benzene rings is 1. The van der Waals surface area contributed by atoms with Gasteiger partial charge in [-0.2, -0.15) is 0 Å². The minimum Gasteiger partial charge on any atom is -0.385 e. The number of hydrogen-bond donors (Lipinski definition) is 1. The number of pyridine rings is 1. The molecule has 0 aliphatic carbocycles. The number of hydrogen-bond acceptors (Lipinski definition) is 2. The fraction of sp³-hybridized carbons (Fsp3) is 0.312. The molecule has 0 aliphatic heterocycles. The zero-order valence-corrected chi connectivity index (χ0v) is 12.8. The van der Waals surface area contributed by atoms with Crippen molar-refractivity contribution >= 4 is 15.9 Å². The Morgan fingerprint density at radius 2 is 1.84 bits per heavy atom. The summed E-state index contributed by atoms with van der Waals surface area (Å²) in [6, 6.07) is 11.8. The second-order valence-corrected chi connectivity index (χ2v) is 5.88. The summed E-state index contributed by atoms with van der Waals surface area (Å²) in [7, 11) is 0. The van der Waals surface area contributed by atoms with Gasteiger partial charge in [0.2, 0.25) is 0 Å². The maximum Gasteiger partial charge on any atom is 0.0923 e. The van der Waals surface area contributed by atoms with Crippen LogP contribution in [0.4, 0.5) is 0 Å². The number of aryl methyl sites for hydroxylation is 1. The van der Waals surface area contributed by atoms with Crippen molar-refractivity contribution in [2.24, 2.45) is 0 Å². The molecule has 2 aromatic rings. The highest BCUT2D eigenvalue weighted by atomic mass is 79.9. The van der Waals surface area contributed by atoms with Crippen LogP contribution < -0.4 is 0 Å². The second kappa shape index (κ2) is 5.85. The van der Waals surface area contributed by atoms with Gasteiger partial charge in [-0.25, -0.2) is 0 Å². The van der Waals surface area contributed by atoms with Crippen LogP contribution in [0, 0.1) is 0 Å². The molecule has 2 nitrogen and oxygen atoms in total. The van der Waals surface area contributed by atoms with Crippen LogP contribution >= 0.6 is 15.9 Å². The first kappa shape index (κ1) is 14.2. The Hall–Kier alpha value is -1.19. The van der Waals surface area contributed by atoms with Gasteiger partial charge in [-0.1, -0.05) is 41.1 Å². The van der Waals surface area contributed by atoms with Gasteiger partial charge in [0, 0.05) is 22.8 Å². The minimum atomic E-state index is -0.901. The molecule has 0 radical (unpaired) electrons. The number of aromatic nitrogens is 1. The van der Waals surface area contributed by atoms with Gasteiger partial charge < -0.3 is 5.11 Å². The van der Waals surface area contributed by atoms with Gasteiger partial charge in [-0.15, -0.1) is 0 Å². The SMILES string of the molecule is CCc1ccc(CC(C)(O)c2ccc(Br)cc2)nc1. The van der Waals surface area contributed by atoms with Crippen molar-refractivity contribution in [3.8, 4) is 0 Å². The second-order valence-electron chi connectivity index (χ2n) is 4.97. The lowest BCUT2D eigenvalue weighted by molar-refractivity contribution is 0.0566. The van der Waals surface area contributed by atoms with Gasteiger partial charge >= 0.3 is 0 Å². The summed E-state index contributed by atoms with van der Waals surface area (Å²) in [4.78, 5) is 4.41. The average Bonchev–Trinajstić information content (AvgIpc) is 2.40. The van der Waals surface area contributed by atoms with Crippen molar-refractivity contribution in [3.63, 3.8) is 0 Å². The smallest absolute Gasteiger partial charge is 0.0923 e. The molecule has 1 unspecified atom stereocenters. The summed E-state index contributed by atoms with van der Waals surface area (Å²) < 4.78 is 1.01. The van der Waals surface area contributed by atoms with E-state index in [0.717, 1.165) is 22.2 Å². The maximum atomic E-state index is 10.6. The van der Waals surface area contributed by atoms with Gasteiger partial charge in [0.05, 0.1) is 5.60 Å². The predicted octanol–water partition coefficient (Wildman–Crippen LogP) is 3.86. The fourth-order valence-corrected chi connectivity index (χ4v) is 2.30. The monoisotopic (exact) mass is 319 g/mol. The predicted molar refractivity (Wildman–Crippen MR) is 81.0 cm³/mol. The fourth-order valence-electron chi connectivity index (χ4n) is 2.03. The van der Waals surface area contributed by atoms with Gasteiger partial charge in [-0.05, 0) is 42.7 Å². The summed E-state index contributed by atoms with van der Waals surface area (Å²) in [5.41, 5.74) is 2.12. The highest BCUT2D eigenvalue weighted by molar-refractivity contribution is 9.10. The molecule has 1 heterocycles. The molecular weight excluding hydrogens is 302 g/mol. The van der Waals surface area contributed by atoms with E-state index in [0.29, 0.717) is 6.42 Å². The Bertz CT molecular complexity index is 532. The number of aliphatic hydroxyl groups is 1. The topological polar surface area (TPSA) is 33.1 Å². The Balaban J connectivity index is 2.17. The third-order valence-corrected chi connectivity index (χ3v) is 3.81. The number of rotatable bonds is 4. The molecular formula is C16H18BrNO. The van der Waals surface area contributed by atoms with Gasteiger partial charge in [0.25, 0.3) is 0 Å². The quantitative estimate of drug-likeness (QED) is 0.928. The first-order valence-corrected chi connectivity index (χ1v) is 7.23. The van der Waals surface area contributed by atoms with Crippen LogP contribution in [0.2, 0.25) is 0 Å². The number of halogens is 1. The lowest BCUT2D eigenvalue weighted by Crippen LogP contribution is -2.24. The zero-order chi connectivity index (χ0) is 13.9. The molecule has 19 heavy (non-hydrogen) atoms. The molecule has 1 aromatic carbocycles. The van der Waals surface area contributed by atoms with E-state index in [1.807, 2.05) is 43.5 Å². The van der Waals surface area contributed by atoms with Gasteiger partial charge in [0.15, 0.2) is 0 Å². The molecule has 1 N–H and O–H groups in total. The molecule has 0 bridgehead atoms. The average molecular weight is 320 g/mol. The molecule has 3 heteroatoms. The first-order chi connectivity index (χ1) is 9.01. The minimum absolute atomic E-state index is 0.513. The highest BCUT2D eigenvalue weighted by Crippen LogP contribution is 2.26. The molecule has 0 saturated heterocycles. The standard InChI is InChI=1S/C16H18BrNO/c1-3-12-4-9-15(18-11-12)10-16(2,19)13-5-7-14(17)8-6-13/h4-9,11,19H,3,10H2,1-2H3. The Morgan fingerprint density at radius 1 is 1.16 bits per heavy atom. The lowest BCUT2D eigenvalue weighted by Gasteiger charge is -2.23. The van der Waals surface area contributed by atoms with Crippen molar-refractivity contribution in [2.45, 2.75) is 32.3 Å². The molecule has 1 atom stereocenters. The van der Waals surface area contributed by atoms with Crippen molar-refractivity contribution in [1.82, 2.24) is 4.98 Å². The third kappa shape index (κ3) is 3.64. The molecule has 0 spiro atoms. The van der Waals surface area contributed by atoms with E-state index >= 15 is 0 Å². The maximum absolute atomic E-state index is 10.6. The van der Waals surface area contributed by atoms with Gasteiger partial charge in [-0.3, -0.25) is 4.98 Å². The van der Waals surface area contributed by atoms with Crippen molar-refractivity contribution in [1.29, 1.82) is 0 Å². The number of nitrogens with zero attached hydrogens (tertiary/aromatic N) is 1. The van der Waals surface area contributed by atoms with Crippen LogP contribution in [0.3, 0.4) is 0 Å². The van der Waals surface area contributed by atoms with Crippen molar-refractivity contribution < 1.29 is 5.11 Å². The lowest BCUT2D eigenvalue weighted by atomic mass is 9.91. The van der Waals surface area contributed by atoms with Crippen LogP contribution in [-0.2, 0) is 18.4 Å². The largest absolute Gasteiger partial charge is 0.385 e. The van der Waals surface area contributed by atoms with E-state index in [1.54, 1.807) is 0 Å². The summed E-state index contributed by atoms with van der Waals surface area (Å²) in [6.07, 6.45) is 3.38. The molecule has 0 fully saturated rings. The van der Waals surface area contributed by atoms with Crippen LogP contribution in [0.5, 0.6) is 0 Å². The Labute approximate surface area is 122 Å². The Morgan fingerprint density at radius 3 is 2.37 bits per heavy atom. The van der Waals surface area contributed by atoms with Crippen molar-refractivity contribution in [3.05, 3.63) is 63.9 Å².